The van der Waals surface area contributed by atoms with Gasteiger partial charge < -0.3 is 15.0 Å². The van der Waals surface area contributed by atoms with Crippen LogP contribution in [0.5, 0.6) is 5.75 Å². The first kappa shape index (κ1) is 17.6. The molecule has 25 heavy (non-hydrogen) atoms. The Balaban J connectivity index is 1.60. The van der Waals surface area contributed by atoms with Gasteiger partial charge in [0.25, 0.3) is 0 Å². The summed E-state index contributed by atoms with van der Waals surface area (Å²) in [5, 5.41) is 4.13. The van der Waals surface area contributed by atoms with E-state index < -0.39 is 0 Å². The molecule has 0 radical (unpaired) electrons. The summed E-state index contributed by atoms with van der Waals surface area (Å²) in [6.07, 6.45) is 1.54. The molecule has 2 aromatic heterocycles. The number of nitrogens with zero attached hydrogens (tertiary/aromatic N) is 2. The minimum Gasteiger partial charge on any atom is -0.496 e. The van der Waals surface area contributed by atoms with Crippen molar-refractivity contribution in [2.75, 3.05) is 12.9 Å². The number of thioether (sulfide) groups is 1. The van der Waals surface area contributed by atoms with Crippen LogP contribution < -0.4 is 10.1 Å². The highest BCUT2D eigenvalue weighted by Gasteiger charge is 2.14. The van der Waals surface area contributed by atoms with Crippen LogP contribution in [0.3, 0.4) is 0 Å². The molecule has 2 heterocycles. The number of ether oxygens (including phenoxy) is 1. The number of carbonyl (C=O) groups is 1. The second kappa shape index (κ2) is 7.76. The van der Waals surface area contributed by atoms with Gasteiger partial charge in [-0.05, 0) is 19.1 Å². The number of benzene rings is 1. The number of amides is 1. The minimum atomic E-state index is -0.152. The van der Waals surface area contributed by atoms with Crippen LogP contribution in [0.15, 0.2) is 41.7 Å². The molecule has 1 unspecified atom stereocenters. The van der Waals surface area contributed by atoms with Gasteiger partial charge in [0.15, 0.2) is 10.8 Å². The Hall–Kier alpha value is -2.25. The molecule has 0 aliphatic rings. The molecule has 2 N–H and O–H groups in total. The van der Waals surface area contributed by atoms with Crippen LogP contribution in [0.4, 0.5) is 0 Å². The van der Waals surface area contributed by atoms with Crippen LogP contribution >= 0.6 is 23.4 Å². The zero-order valence-corrected chi connectivity index (χ0v) is 15.3. The molecule has 0 saturated heterocycles. The van der Waals surface area contributed by atoms with E-state index in [0.717, 1.165) is 16.8 Å². The van der Waals surface area contributed by atoms with Gasteiger partial charge in [0.1, 0.15) is 5.75 Å². The van der Waals surface area contributed by atoms with Crippen LogP contribution in [0, 0.1) is 0 Å². The molecule has 1 amide bonds. The summed E-state index contributed by atoms with van der Waals surface area (Å²) >= 11 is 7.22. The lowest BCUT2D eigenvalue weighted by Crippen LogP contribution is -2.28. The van der Waals surface area contributed by atoms with Gasteiger partial charge in [-0.3, -0.25) is 4.79 Å². The van der Waals surface area contributed by atoms with Crippen molar-refractivity contribution in [2.24, 2.45) is 0 Å². The fourth-order valence-corrected chi connectivity index (χ4v) is 3.28. The van der Waals surface area contributed by atoms with E-state index in [0.29, 0.717) is 15.8 Å². The van der Waals surface area contributed by atoms with Gasteiger partial charge in [-0.25, -0.2) is 9.97 Å². The average Bonchev–Trinajstić information content (AvgIpc) is 3.01. The number of imidazole rings is 1. The van der Waals surface area contributed by atoms with Crippen LogP contribution in [-0.4, -0.2) is 33.7 Å². The topological polar surface area (TPSA) is 79.9 Å². The number of methoxy groups -OCH3 is 1. The number of fused-ring (bicyclic) bond motifs is 1. The van der Waals surface area contributed by atoms with Crippen LogP contribution in [-0.2, 0) is 4.79 Å². The fraction of sp³-hybridized carbons (Fsp3) is 0.235. The Labute approximate surface area is 154 Å². The maximum atomic E-state index is 12.2. The van der Waals surface area contributed by atoms with Crippen molar-refractivity contribution in [3.63, 3.8) is 0 Å². The predicted octanol–water partition coefficient (Wildman–Crippen LogP) is 3.59. The van der Waals surface area contributed by atoms with E-state index >= 15 is 0 Å². The molecule has 0 aliphatic carbocycles. The zero-order valence-electron chi connectivity index (χ0n) is 13.7. The first-order valence-corrected chi connectivity index (χ1v) is 8.99. The molecule has 0 aliphatic heterocycles. The Morgan fingerprint density at radius 1 is 1.44 bits per heavy atom. The molecular weight excluding hydrogens is 360 g/mol. The van der Waals surface area contributed by atoms with E-state index in [9.17, 15) is 4.79 Å². The number of carbonyl (C=O) groups excluding carboxylic acids is 1. The highest BCUT2D eigenvalue weighted by atomic mass is 35.5. The molecule has 3 rings (SSSR count). The highest BCUT2D eigenvalue weighted by Crippen LogP contribution is 2.25. The first-order chi connectivity index (χ1) is 12.1. The van der Waals surface area contributed by atoms with Gasteiger partial charge >= 0.3 is 0 Å². The molecule has 6 nitrogen and oxygen atoms in total. The molecule has 130 valence electrons. The maximum absolute atomic E-state index is 12.2. The second-order valence-electron chi connectivity index (χ2n) is 5.39. The molecule has 1 aromatic carbocycles. The van der Waals surface area contributed by atoms with E-state index in [1.54, 1.807) is 19.4 Å². The number of pyridine rings is 1. The van der Waals surface area contributed by atoms with Crippen molar-refractivity contribution in [3.05, 3.63) is 47.1 Å². The second-order valence-corrected chi connectivity index (χ2v) is 6.79. The summed E-state index contributed by atoms with van der Waals surface area (Å²) in [6, 6.07) is 9.23. The van der Waals surface area contributed by atoms with E-state index in [2.05, 4.69) is 20.3 Å². The summed E-state index contributed by atoms with van der Waals surface area (Å²) in [5.74, 6) is 0.908. The van der Waals surface area contributed by atoms with Gasteiger partial charge in [-0.1, -0.05) is 41.6 Å². The van der Waals surface area contributed by atoms with Gasteiger partial charge in [-0.15, -0.1) is 0 Å². The van der Waals surface area contributed by atoms with Crippen molar-refractivity contribution in [2.45, 2.75) is 18.1 Å². The van der Waals surface area contributed by atoms with Crippen molar-refractivity contribution in [1.29, 1.82) is 0 Å². The van der Waals surface area contributed by atoms with Gasteiger partial charge in [0.2, 0.25) is 5.91 Å². The third-order valence-corrected chi connectivity index (χ3v) is 4.69. The van der Waals surface area contributed by atoms with E-state index in [1.807, 2.05) is 31.2 Å². The molecule has 0 bridgehead atoms. The predicted molar refractivity (Wildman–Crippen MR) is 99.2 cm³/mol. The third kappa shape index (κ3) is 4.24. The van der Waals surface area contributed by atoms with Gasteiger partial charge in [0.05, 0.1) is 29.4 Å². The van der Waals surface area contributed by atoms with Crippen LogP contribution in [0.25, 0.3) is 11.2 Å². The summed E-state index contributed by atoms with van der Waals surface area (Å²) < 4.78 is 5.33. The quantitative estimate of drug-likeness (QED) is 0.642. The summed E-state index contributed by atoms with van der Waals surface area (Å²) in [5.41, 5.74) is 2.26. The normalized spacial score (nSPS) is 12.1. The SMILES string of the molecule is COc1ccccc1C(C)NC(=O)CSc1nc2ncc(Cl)cc2[nH]1. The Morgan fingerprint density at radius 3 is 3.04 bits per heavy atom. The summed E-state index contributed by atoms with van der Waals surface area (Å²) in [4.78, 5) is 23.8. The fourth-order valence-electron chi connectivity index (χ4n) is 2.44. The number of halogens is 1. The molecule has 0 spiro atoms. The van der Waals surface area contributed by atoms with Crippen molar-refractivity contribution >= 4 is 40.4 Å². The summed E-state index contributed by atoms with van der Waals surface area (Å²) in [6.45, 7) is 1.92. The number of hydrogen-bond acceptors (Lipinski definition) is 5. The Kier molecular flexibility index (Phi) is 5.45. The first-order valence-electron chi connectivity index (χ1n) is 7.63. The molecule has 3 aromatic rings. The number of aromatic nitrogens is 3. The van der Waals surface area contributed by atoms with Crippen molar-refractivity contribution in [3.8, 4) is 5.75 Å². The summed E-state index contributed by atoms with van der Waals surface area (Å²) in [7, 11) is 1.62. The van der Waals surface area contributed by atoms with E-state index in [-0.39, 0.29) is 17.7 Å². The number of aromatic amines is 1. The zero-order chi connectivity index (χ0) is 17.8. The lowest BCUT2D eigenvalue weighted by Gasteiger charge is -2.16. The minimum absolute atomic E-state index is 0.0881. The Bertz CT molecular complexity index is 899. The number of hydrogen-bond donors (Lipinski definition) is 2. The molecule has 0 fully saturated rings. The number of nitrogens with one attached hydrogen (secondary N) is 2. The number of rotatable bonds is 6. The van der Waals surface area contributed by atoms with E-state index in [1.165, 1.54) is 11.8 Å². The average molecular weight is 377 g/mol. The lowest BCUT2D eigenvalue weighted by atomic mass is 10.1. The molecule has 1 atom stereocenters. The largest absolute Gasteiger partial charge is 0.496 e. The van der Waals surface area contributed by atoms with Crippen molar-refractivity contribution < 1.29 is 9.53 Å². The van der Waals surface area contributed by atoms with Gasteiger partial charge in [-0.2, -0.15) is 0 Å². The third-order valence-electron chi connectivity index (χ3n) is 3.61. The Morgan fingerprint density at radius 2 is 2.24 bits per heavy atom. The van der Waals surface area contributed by atoms with Crippen LogP contribution in [0.2, 0.25) is 5.02 Å². The van der Waals surface area contributed by atoms with Gasteiger partial charge in [0, 0.05) is 11.8 Å². The maximum Gasteiger partial charge on any atom is 0.230 e. The molecule has 8 heteroatoms. The molecular formula is C17H17ClN4O2S. The number of H-pyrrole nitrogens is 1. The van der Waals surface area contributed by atoms with Crippen LogP contribution in [0.1, 0.15) is 18.5 Å². The lowest BCUT2D eigenvalue weighted by molar-refractivity contribution is -0.119. The smallest absolute Gasteiger partial charge is 0.230 e. The highest BCUT2D eigenvalue weighted by molar-refractivity contribution is 7.99. The van der Waals surface area contributed by atoms with E-state index in [4.69, 9.17) is 16.3 Å². The standard InChI is InChI=1S/C17H17ClN4O2S/c1-10(12-5-3-4-6-14(12)24-2)20-15(23)9-25-17-21-13-7-11(18)8-19-16(13)22-17/h3-8,10H,9H2,1-2H3,(H,20,23)(H,19,21,22). The number of para-hydroxylation sites is 1. The van der Waals surface area contributed by atoms with Crippen molar-refractivity contribution in [1.82, 2.24) is 20.3 Å². The monoisotopic (exact) mass is 376 g/mol. The molecule has 0 saturated carbocycles.